The maximum Gasteiger partial charge on any atom is 0.451 e. The van der Waals surface area contributed by atoms with Crippen LogP contribution in [0.5, 0.6) is 0 Å². The predicted octanol–water partition coefficient (Wildman–Crippen LogP) is -0.353. The zero-order chi connectivity index (χ0) is 19.5. The van der Waals surface area contributed by atoms with Gasteiger partial charge in [-0.3, -0.25) is 14.9 Å². The second kappa shape index (κ2) is 8.69. The van der Waals surface area contributed by atoms with Crippen molar-refractivity contribution in [2.75, 3.05) is 13.1 Å². The average Bonchev–Trinajstić information content (AvgIpc) is 3.17. The van der Waals surface area contributed by atoms with Crippen LogP contribution >= 0.6 is 0 Å². The monoisotopic (exact) mass is 369 g/mol. The van der Waals surface area contributed by atoms with Crippen LogP contribution in [-0.2, 0) is 9.59 Å². The molecule has 0 aromatic carbocycles. The molecule has 0 radical (unpaired) electrons. The number of hydrogen-bond donors (Lipinski definition) is 5. The van der Waals surface area contributed by atoms with Crippen molar-refractivity contribution < 1.29 is 24.7 Å². The molecule has 0 aromatic rings. The van der Waals surface area contributed by atoms with Gasteiger partial charge in [0.2, 0.25) is 5.91 Å². The van der Waals surface area contributed by atoms with Crippen LogP contribution in [0.1, 0.15) is 46.0 Å². The highest BCUT2D eigenvalue weighted by molar-refractivity contribution is 6.40. The summed E-state index contributed by atoms with van der Waals surface area (Å²) < 4.78 is 0. The van der Waals surface area contributed by atoms with Crippen molar-refractivity contribution >= 4 is 19.0 Å². The Labute approximate surface area is 155 Å². The molecule has 9 heteroatoms. The summed E-state index contributed by atoms with van der Waals surface area (Å²) in [5.41, 5.74) is 5.06. The first-order valence-electron chi connectivity index (χ1n) is 9.65. The Hall–Kier alpha value is -1.16. The number of carboxylic acids is 1. The molecule has 0 saturated carbocycles. The number of carboxylic acid groups (broad SMARTS) is 1. The van der Waals surface area contributed by atoms with Gasteiger partial charge in [-0.05, 0) is 25.1 Å². The maximum atomic E-state index is 12.8. The molecule has 2 aliphatic heterocycles. The fourth-order valence-electron chi connectivity index (χ4n) is 4.41. The van der Waals surface area contributed by atoms with Gasteiger partial charge in [-0.1, -0.05) is 33.1 Å². The average molecular weight is 369 g/mol. The van der Waals surface area contributed by atoms with E-state index in [-0.39, 0.29) is 30.1 Å². The lowest BCUT2D eigenvalue weighted by Crippen LogP contribution is -2.52. The van der Waals surface area contributed by atoms with Gasteiger partial charge in [-0.2, -0.15) is 0 Å². The number of unbranched alkanes of at least 4 members (excludes halogenated alkanes) is 1. The van der Waals surface area contributed by atoms with Gasteiger partial charge in [0.1, 0.15) is 5.54 Å². The van der Waals surface area contributed by atoms with Crippen molar-refractivity contribution in [2.24, 2.45) is 17.6 Å². The molecule has 0 aliphatic carbocycles. The number of aliphatic carboxylic acids is 1. The van der Waals surface area contributed by atoms with Crippen LogP contribution in [0.2, 0.25) is 6.32 Å². The number of nitrogens with two attached hydrogens (primary N) is 1. The van der Waals surface area contributed by atoms with Crippen LogP contribution in [0.4, 0.5) is 0 Å². The van der Waals surface area contributed by atoms with E-state index in [0.717, 1.165) is 6.42 Å². The molecule has 26 heavy (non-hydrogen) atoms. The third-order valence-corrected chi connectivity index (χ3v) is 6.30. The standard InChI is InChI=1S/C17H32BN3O5/c1-3-11(2)14(19)15(22)21-9-6-12-13(21)10-20-17(12,16(23)24)7-4-5-8-18(25)26/h11-14,20,25-26H,3-10,19H2,1-2H3,(H,23,24)/t11?,12-,13-,14-,17+/m0/s1. The Morgan fingerprint density at radius 2 is 2.08 bits per heavy atom. The van der Waals surface area contributed by atoms with Crippen LogP contribution in [0.25, 0.3) is 0 Å². The molecular weight excluding hydrogens is 337 g/mol. The Morgan fingerprint density at radius 1 is 1.38 bits per heavy atom. The molecule has 2 saturated heterocycles. The Morgan fingerprint density at radius 3 is 2.65 bits per heavy atom. The molecule has 6 N–H and O–H groups in total. The number of fused-ring (bicyclic) bond motifs is 1. The molecule has 5 atom stereocenters. The van der Waals surface area contributed by atoms with Crippen molar-refractivity contribution in [1.82, 2.24) is 10.2 Å². The van der Waals surface area contributed by atoms with E-state index in [1.807, 2.05) is 13.8 Å². The summed E-state index contributed by atoms with van der Waals surface area (Å²) in [6.07, 6.45) is 3.25. The lowest BCUT2D eigenvalue weighted by Gasteiger charge is -2.31. The number of nitrogens with one attached hydrogen (secondary N) is 1. The minimum atomic E-state index is -1.36. The van der Waals surface area contributed by atoms with E-state index in [1.54, 1.807) is 4.90 Å². The number of nitrogens with zero attached hydrogens (tertiary/aromatic N) is 1. The molecular formula is C17H32BN3O5. The number of carbonyl (C=O) groups excluding carboxylic acids is 1. The zero-order valence-electron chi connectivity index (χ0n) is 15.7. The Balaban J connectivity index is 2.06. The van der Waals surface area contributed by atoms with Crippen molar-refractivity contribution in [3.8, 4) is 0 Å². The smallest absolute Gasteiger partial charge is 0.451 e. The summed E-state index contributed by atoms with van der Waals surface area (Å²) >= 11 is 0. The van der Waals surface area contributed by atoms with Gasteiger partial charge in [-0.25, -0.2) is 0 Å². The second-order valence-corrected chi connectivity index (χ2v) is 7.79. The van der Waals surface area contributed by atoms with Gasteiger partial charge in [0.15, 0.2) is 0 Å². The summed E-state index contributed by atoms with van der Waals surface area (Å²) in [4.78, 5) is 26.6. The number of hydrogen-bond acceptors (Lipinski definition) is 6. The molecule has 2 heterocycles. The van der Waals surface area contributed by atoms with Crippen molar-refractivity contribution in [1.29, 1.82) is 0 Å². The van der Waals surface area contributed by atoms with E-state index in [9.17, 15) is 14.7 Å². The van der Waals surface area contributed by atoms with Crippen LogP contribution in [0, 0.1) is 11.8 Å². The van der Waals surface area contributed by atoms with Gasteiger partial charge in [0, 0.05) is 25.0 Å². The van der Waals surface area contributed by atoms with Gasteiger partial charge in [0.05, 0.1) is 6.04 Å². The van der Waals surface area contributed by atoms with Crippen LogP contribution in [0.15, 0.2) is 0 Å². The normalized spacial score (nSPS) is 30.1. The second-order valence-electron chi connectivity index (χ2n) is 7.79. The SMILES string of the molecule is CCC(C)[C@H](N)C(=O)N1CC[C@H]2[C@@H]1CN[C@@]2(CCCCB(O)O)C(=O)O. The molecule has 0 aromatic heterocycles. The molecule has 2 rings (SSSR count). The Kier molecular flexibility index (Phi) is 7.07. The van der Waals surface area contributed by atoms with E-state index in [2.05, 4.69) is 5.32 Å². The molecule has 148 valence electrons. The summed E-state index contributed by atoms with van der Waals surface area (Å²) in [6.45, 7) is 4.96. The third kappa shape index (κ3) is 4.06. The minimum absolute atomic E-state index is 0.0850. The molecule has 2 fully saturated rings. The lowest BCUT2D eigenvalue weighted by atomic mass is 9.77. The molecule has 1 unspecified atom stereocenters. The van der Waals surface area contributed by atoms with E-state index in [4.69, 9.17) is 15.8 Å². The molecule has 2 aliphatic rings. The lowest BCUT2D eigenvalue weighted by molar-refractivity contribution is -0.147. The molecule has 0 bridgehead atoms. The van der Waals surface area contributed by atoms with Crippen LogP contribution < -0.4 is 11.1 Å². The topological polar surface area (TPSA) is 136 Å². The first kappa shape index (κ1) is 21.1. The third-order valence-electron chi connectivity index (χ3n) is 6.30. The van der Waals surface area contributed by atoms with E-state index in [1.165, 1.54) is 0 Å². The molecule has 8 nitrogen and oxygen atoms in total. The fraction of sp³-hybridized carbons (Fsp3) is 0.882. The predicted molar refractivity (Wildman–Crippen MR) is 98.3 cm³/mol. The molecule has 0 spiro atoms. The highest BCUT2D eigenvalue weighted by Crippen LogP contribution is 2.41. The number of amides is 1. The number of carbonyl (C=O) groups is 2. The fourth-order valence-corrected chi connectivity index (χ4v) is 4.41. The number of rotatable bonds is 9. The van der Waals surface area contributed by atoms with E-state index >= 15 is 0 Å². The zero-order valence-corrected chi connectivity index (χ0v) is 15.7. The maximum absolute atomic E-state index is 12.8. The number of likely N-dealkylation sites (tertiary alicyclic amines) is 1. The Bertz CT molecular complexity index is 521. The quantitative estimate of drug-likeness (QED) is 0.277. The highest BCUT2D eigenvalue weighted by atomic mass is 16.4. The minimum Gasteiger partial charge on any atom is -0.480 e. The summed E-state index contributed by atoms with van der Waals surface area (Å²) in [6, 6.07) is -0.693. The summed E-state index contributed by atoms with van der Waals surface area (Å²) in [5.74, 6) is -1.04. The van der Waals surface area contributed by atoms with Gasteiger partial charge in [0.25, 0.3) is 0 Å². The van der Waals surface area contributed by atoms with E-state index < -0.39 is 24.7 Å². The first-order valence-corrected chi connectivity index (χ1v) is 9.65. The van der Waals surface area contributed by atoms with Crippen molar-refractivity contribution in [3.05, 3.63) is 0 Å². The van der Waals surface area contributed by atoms with Crippen LogP contribution in [0.3, 0.4) is 0 Å². The van der Waals surface area contributed by atoms with Crippen molar-refractivity contribution in [2.45, 2.75) is 69.9 Å². The largest absolute Gasteiger partial charge is 0.480 e. The van der Waals surface area contributed by atoms with Gasteiger partial charge in [-0.15, -0.1) is 0 Å². The molecule has 1 amide bonds. The highest BCUT2D eigenvalue weighted by Gasteiger charge is 2.58. The van der Waals surface area contributed by atoms with Crippen LogP contribution in [-0.4, -0.2) is 69.8 Å². The van der Waals surface area contributed by atoms with Gasteiger partial charge < -0.3 is 25.8 Å². The van der Waals surface area contributed by atoms with Gasteiger partial charge >= 0.3 is 13.1 Å². The summed E-state index contributed by atoms with van der Waals surface area (Å²) in [7, 11) is -1.36. The first-order chi connectivity index (χ1) is 12.2. The summed E-state index contributed by atoms with van der Waals surface area (Å²) in [5, 5.41) is 31.0. The van der Waals surface area contributed by atoms with E-state index in [0.29, 0.717) is 38.8 Å². The van der Waals surface area contributed by atoms with Crippen molar-refractivity contribution in [3.63, 3.8) is 0 Å².